The lowest BCUT2D eigenvalue weighted by Crippen LogP contribution is -2.21. The van der Waals surface area contributed by atoms with Gasteiger partial charge >= 0.3 is 6.18 Å². The summed E-state index contributed by atoms with van der Waals surface area (Å²) in [6.45, 7) is 2.67. The molecule has 0 aliphatic rings. The number of hydrogen-bond acceptors (Lipinski definition) is 2. The standard InChI is InChI=1S/C12H13F3N2/c1-3-7-16-10(4-2)11-6-5-9(8-17-11)12(13,14)15/h2,5-6,8,10,16H,3,7H2,1H3. The van der Waals surface area contributed by atoms with E-state index in [0.29, 0.717) is 12.2 Å². The molecule has 1 unspecified atom stereocenters. The number of pyridine rings is 1. The van der Waals surface area contributed by atoms with Gasteiger partial charge in [-0.3, -0.25) is 10.3 Å². The summed E-state index contributed by atoms with van der Waals surface area (Å²) in [5.41, 5.74) is -0.346. The highest BCUT2D eigenvalue weighted by Gasteiger charge is 2.30. The molecule has 0 amide bonds. The van der Waals surface area contributed by atoms with Gasteiger partial charge in [0.25, 0.3) is 0 Å². The lowest BCUT2D eigenvalue weighted by molar-refractivity contribution is -0.137. The lowest BCUT2D eigenvalue weighted by atomic mass is 10.1. The quantitative estimate of drug-likeness (QED) is 0.821. The topological polar surface area (TPSA) is 24.9 Å². The lowest BCUT2D eigenvalue weighted by Gasteiger charge is -2.12. The van der Waals surface area contributed by atoms with Crippen LogP contribution in [0.1, 0.15) is 30.6 Å². The van der Waals surface area contributed by atoms with Gasteiger partial charge in [0, 0.05) is 6.20 Å². The second-order valence-electron chi connectivity index (χ2n) is 3.52. The van der Waals surface area contributed by atoms with Crippen LogP contribution in [-0.2, 0) is 6.18 Å². The molecule has 0 saturated carbocycles. The first-order valence-corrected chi connectivity index (χ1v) is 5.21. The molecule has 0 aromatic carbocycles. The van der Waals surface area contributed by atoms with E-state index < -0.39 is 17.8 Å². The molecule has 0 aliphatic carbocycles. The van der Waals surface area contributed by atoms with E-state index in [9.17, 15) is 13.2 Å². The van der Waals surface area contributed by atoms with Crippen molar-refractivity contribution in [2.75, 3.05) is 6.54 Å². The van der Waals surface area contributed by atoms with Crippen molar-refractivity contribution in [1.29, 1.82) is 0 Å². The Kier molecular flexibility index (Phi) is 4.53. The summed E-state index contributed by atoms with van der Waals surface area (Å²) in [4.78, 5) is 3.74. The van der Waals surface area contributed by atoms with Crippen LogP contribution in [0.2, 0.25) is 0 Å². The van der Waals surface area contributed by atoms with E-state index >= 15 is 0 Å². The smallest absolute Gasteiger partial charge is 0.299 e. The molecule has 1 aromatic heterocycles. The minimum Gasteiger partial charge on any atom is -0.299 e. The van der Waals surface area contributed by atoms with E-state index in [1.807, 2.05) is 6.92 Å². The molecule has 17 heavy (non-hydrogen) atoms. The first kappa shape index (κ1) is 13.5. The monoisotopic (exact) mass is 242 g/mol. The molecule has 0 aliphatic heterocycles. The molecular weight excluding hydrogens is 229 g/mol. The van der Waals surface area contributed by atoms with Crippen LogP contribution >= 0.6 is 0 Å². The molecule has 1 aromatic rings. The van der Waals surface area contributed by atoms with Crippen LogP contribution in [0.5, 0.6) is 0 Å². The summed E-state index contributed by atoms with van der Waals surface area (Å²) in [5, 5.41) is 3.01. The largest absolute Gasteiger partial charge is 0.417 e. The second-order valence-corrected chi connectivity index (χ2v) is 3.52. The number of alkyl halides is 3. The first-order valence-electron chi connectivity index (χ1n) is 5.21. The summed E-state index contributed by atoms with van der Waals surface area (Å²) in [7, 11) is 0. The maximum absolute atomic E-state index is 12.3. The van der Waals surface area contributed by atoms with Crippen molar-refractivity contribution in [3.63, 3.8) is 0 Å². The van der Waals surface area contributed by atoms with Gasteiger partial charge in [0.05, 0.1) is 11.3 Å². The third kappa shape index (κ3) is 3.75. The van der Waals surface area contributed by atoms with Crippen LogP contribution in [0, 0.1) is 12.3 Å². The molecule has 5 heteroatoms. The van der Waals surface area contributed by atoms with Crippen LogP contribution in [0.4, 0.5) is 13.2 Å². The van der Waals surface area contributed by atoms with Crippen molar-refractivity contribution in [2.24, 2.45) is 0 Å². The minimum absolute atomic E-state index is 0.425. The number of hydrogen-bond donors (Lipinski definition) is 1. The molecule has 0 spiro atoms. The molecule has 2 nitrogen and oxygen atoms in total. The molecule has 0 fully saturated rings. The third-order valence-corrected chi connectivity index (χ3v) is 2.17. The molecule has 1 atom stereocenters. The predicted molar refractivity (Wildman–Crippen MR) is 59.1 cm³/mol. The van der Waals surface area contributed by atoms with E-state index in [0.717, 1.165) is 18.7 Å². The van der Waals surface area contributed by atoms with Gasteiger partial charge in [-0.15, -0.1) is 6.42 Å². The number of halogens is 3. The van der Waals surface area contributed by atoms with Crippen LogP contribution in [-0.4, -0.2) is 11.5 Å². The van der Waals surface area contributed by atoms with Crippen molar-refractivity contribution in [2.45, 2.75) is 25.6 Å². The van der Waals surface area contributed by atoms with Gasteiger partial charge in [0.1, 0.15) is 6.04 Å². The summed E-state index contributed by atoms with van der Waals surface area (Å²) < 4.78 is 36.9. The summed E-state index contributed by atoms with van der Waals surface area (Å²) >= 11 is 0. The Labute approximate surface area is 98.3 Å². The third-order valence-electron chi connectivity index (χ3n) is 2.17. The van der Waals surface area contributed by atoms with Gasteiger partial charge in [-0.05, 0) is 25.1 Å². The van der Waals surface area contributed by atoms with Crippen LogP contribution in [0.15, 0.2) is 18.3 Å². The highest BCUT2D eigenvalue weighted by Crippen LogP contribution is 2.28. The molecule has 92 valence electrons. The normalized spacial score (nSPS) is 13.1. The summed E-state index contributed by atoms with van der Waals surface area (Å²) in [5.74, 6) is 2.46. The van der Waals surface area contributed by atoms with E-state index in [1.165, 1.54) is 6.07 Å². The Morgan fingerprint density at radius 1 is 1.47 bits per heavy atom. The zero-order valence-corrected chi connectivity index (χ0v) is 9.38. The van der Waals surface area contributed by atoms with Gasteiger partial charge in [-0.25, -0.2) is 0 Å². The minimum atomic E-state index is -4.37. The Bertz CT molecular complexity index is 390. The van der Waals surface area contributed by atoms with Crippen LogP contribution in [0.25, 0.3) is 0 Å². The predicted octanol–water partition coefficient (Wildman–Crippen LogP) is 2.77. The Morgan fingerprint density at radius 2 is 2.18 bits per heavy atom. The van der Waals surface area contributed by atoms with Gasteiger partial charge in [-0.1, -0.05) is 12.8 Å². The second kappa shape index (κ2) is 5.69. The molecule has 1 heterocycles. The average molecular weight is 242 g/mol. The number of nitrogens with one attached hydrogen (secondary N) is 1. The highest BCUT2D eigenvalue weighted by molar-refractivity contribution is 5.23. The molecular formula is C12H13F3N2. The Hall–Kier alpha value is -1.54. The zero-order chi connectivity index (χ0) is 12.9. The number of aromatic nitrogens is 1. The molecule has 1 N–H and O–H groups in total. The van der Waals surface area contributed by atoms with E-state index in [4.69, 9.17) is 6.42 Å². The van der Waals surface area contributed by atoms with Crippen molar-refractivity contribution in [1.82, 2.24) is 10.3 Å². The van der Waals surface area contributed by atoms with Gasteiger partial charge in [0.2, 0.25) is 0 Å². The van der Waals surface area contributed by atoms with Gasteiger partial charge in [0.15, 0.2) is 0 Å². The summed E-state index contributed by atoms with van der Waals surface area (Å²) in [6.07, 6.45) is 2.61. The molecule has 0 saturated heterocycles. The van der Waals surface area contributed by atoms with E-state index in [1.54, 1.807) is 0 Å². The van der Waals surface area contributed by atoms with Gasteiger partial charge in [-0.2, -0.15) is 13.2 Å². The van der Waals surface area contributed by atoms with Crippen molar-refractivity contribution in [3.8, 4) is 12.3 Å². The molecule has 0 radical (unpaired) electrons. The van der Waals surface area contributed by atoms with Crippen molar-refractivity contribution < 1.29 is 13.2 Å². The van der Waals surface area contributed by atoms with Crippen molar-refractivity contribution in [3.05, 3.63) is 29.6 Å². The highest BCUT2D eigenvalue weighted by atomic mass is 19.4. The zero-order valence-electron chi connectivity index (χ0n) is 9.38. The van der Waals surface area contributed by atoms with Gasteiger partial charge < -0.3 is 0 Å². The van der Waals surface area contributed by atoms with Crippen LogP contribution < -0.4 is 5.32 Å². The van der Waals surface area contributed by atoms with Crippen molar-refractivity contribution >= 4 is 0 Å². The average Bonchev–Trinajstić information content (AvgIpc) is 2.29. The first-order chi connectivity index (χ1) is 7.99. The fourth-order valence-corrected chi connectivity index (χ4v) is 1.28. The van der Waals surface area contributed by atoms with E-state index in [-0.39, 0.29) is 0 Å². The number of nitrogens with zero attached hydrogens (tertiary/aromatic N) is 1. The Morgan fingerprint density at radius 3 is 2.59 bits per heavy atom. The van der Waals surface area contributed by atoms with E-state index in [2.05, 4.69) is 16.2 Å². The fourth-order valence-electron chi connectivity index (χ4n) is 1.28. The fraction of sp³-hybridized carbons (Fsp3) is 0.417. The SMILES string of the molecule is C#CC(NCCC)c1ccc(C(F)(F)F)cn1. The maximum atomic E-state index is 12.3. The molecule has 0 bridgehead atoms. The molecule has 1 rings (SSSR count). The number of rotatable bonds is 4. The Balaban J connectivity index is 2.83. The number of terminal acetylenes is 1. The van der Waals surface area contributed by atoms with Crippen LogP contribution in [0.3, 0.4) is 0 Å². The maximum Gasteiger partial charge on any atom is 0.417 e. The summed E-state index contributed by atoms with van der Waals surface area (Å²) in [6, 6.07) is 1.84.